The number of amides is 1. The van der Waals surface area contributed by atoms with Gasteiger partial charge in [0.2, 0.25) is 5.91 Å². The Morgan fingerprint density at radius 1 is 1.24 bits per heavy atom. The second-order valence-corrected chi connectivity index (χ2v) is 4.34. The summed E-state index contributed by atoms with van der Waals surface area (Å²) >= 11 is 0. The molecule has 0 bridgehead atoms. The third-order valence-electron chi connectivity index (χ3n) is 2.96. The first kappa shape index (κ1) is 12.0. The lowest BCUT2D eigenvalue weighted by molar-refractivity contribution is -0.119. The van der Waals surface area contributed by atoms with Crippen molar-refractivity contribution in [3.05, 3.63) is 30.1 Å². The fraction of sp³-hybridized carbons (Fsp3) is 0.500. The highest BCUT2D eigenvalue weighted by atomic mass is 16.1. The second-order valence-electron chi connectivity index (χ2n) is 4.34. The number of carbonyl (C=O) groups is 1. The van der Waals surface area contributed by atoms with E-state index < -0.39 is 0 Å². The smallest absolute Gasteiger partial charge is 0.231 e. The zero-order valence-electron chi connectivity index (χ0n) is 9.88. The van der Waals surface area contributed by atoms with E-state index in [0.29, 0.717) is 6.54 Å². The molecule has 92 valence electrons. The molecule has 1 saturated heterocycles. The fourth-order valence-electron chi connectivity index (χ4n) is 2.05. The molecule has 5 heteroatoms. The summed E-state index contributed by atoms with van der Waals surface area (Å²) in [6.45, 7) is 4.97. The van der Waals surface area contributed by atoms with Crippen molar-refractivity contribution >= 4 is 5.91 Å². The van der Waals surface area contributed by atoms with E-state index in [0.717, 1.165) is 38.4 Å². The SMILES string of the molecule is NC(=O)CN1CCN(Cc2ccccn2)CC1. The van der Waals surface area contributed by atoms with Gasteiger partial charge in [-0.2, -0.15) is 0 Å². The van der Waals surface area contributed by atoms with Crippen LogP contribution in [0.25, 0.3) is 0 Å². The highest BCUT2D eigenvalue weighted by molar-refractivity contribution is 5.75. The Labute approximate surface area is 101 Å². The summed E-state index contributed by atoms with van der Waals surface area (Å²) < 4.78 is 0. The van der Waals surface area contributed by atoms with Crippen molar-refractivity contribution < 1.29 is 4.79 Å². The molecule has 1 fully saturated rings. The largest absolute Gasteiger partial charge is 0.369 e. The van der Waals surface area contributed by atoms with E-state index in [1.807, 2.05) is 24.4 Å². The predicted molar refractivity (Wildman–Crippen MR) is 65.1 cm³/mol. The molecule has 0 aromatic carbocycles. The molecule has 2 N–H and O–H groups in total. The van der Waals surface area contributed by atoms with Gasteiger partial charge in [0.05, 0.1) is 12.2 Å². The first-order chi connectivity index (χ1) is 8.24. The zero-order valence-corrected chi connectivity index (χ0v) is 9.88. The van der Waals surface area contributed by atoms with Gasteiger partial charge in [-0.1, -0.05) is 6.07 Å². The van der Waals surface area contributed by atoms with Gasteiger partial charge in [0.1, 0.15) is 0 Å². The van der Waals surface area contributed by atoms with Crippen LogP contribution in [-0.2, 0) is 11.3 Å². The Hall–Kier alpha value is -1.46. The number of nitrogens with zero attached hydrogens (tertiary/aromatic N) is 3. The van der Waals surface area contributed by atoms with Crippen molar-refractivity contribution in [3.8, 4) is 0 Å². The van der Waals surface area contributed by atoms with Crippen molar-refractivity contribution in [1.29, 1.82) is 0 Å². The maximum absolute atomic E-state index is 10.8. The maximum atomic E-state index is 10.8. The van der Waals surface area contributed by atoms with Gasteiger partial charge >= 0.3 is 0 Å². The molecule has 0 saturated carbocycles. The Bertz CT molecular complexity index is 360. The summed E-state index contributed by atoms with van der Waals surface area (Å²) in [5.74, 6) is -0.247. The molecule has 17 heavy (non-hydrogen) atoms. The third-order valence-corrected chi connectivity index (χ3v) is 2.96. The Kier molecular flexibility index (Phi) is 4.06. The number of carbonyl (C=O) groups excluding carboxylic acids is 1. The minimum Gasteiger partial charge on any atom is -0.369 e. The molecule has 1 aromatic heterocycles. The molecule has 5 nitrogen and oxygen atoms in total. The molecule has 0 atom stereocenters. The van der Waals surface area contributed by atoms with Gasteiger partial charge in [0.25, 0.3) is 0 Å². The van der Waals surface area contributed by atoms with Crippen LogP contribution in [0.5, 0.6) is 0 Å². The minimum absolute atomic E-state index is 0.247. The number of aromatic nitrogens is 1. The van der Waals surface area contributed by atoms with E-state index in [-0.39, 0.29) is 5.91 Å². The lowest BCUT2D eigenvalue weighted by Gasteiger charge is -2.33. The normalized spacial score (nSPS) is 18.1. The van der Waals surface area contributed by atoms with E-state index in [9.17, 15) is 4.79 Å². The summed E-state index contributed by atoms with van der Waals surface area (Å²) in [6, 6.07) is 5.97. The van der Waals surface area contributed by atoms with Crippen molar-refractivity contribution in [2.45, 2.75) is 6.54 Å². The van der Waals surface area contributed by atoms with Crippen LogP contribution in [0.2, 0.25) is 0 Å². The van der Waals surface area contributed by atoms with E-state index in [4.69, 9.17) is 5.73 Å². The van der Waals surface area contributed by atoms with E-state index in [1.54, 1.807) is 0 Å². The van der Waals surface area contributed by atoms with Gasteiger partial charge in [-0.25, -0.2) is 0 Å². The molecular formula is C12H18N4O. The molecule has 1 aliphatic rings. The van der Waals surface area contributed by atoms with Gasteiger partial charge < -0.3 is 5.73 Å². The van der Waals surface area contributed by atoms with Crippen LogP contribution in [0.1, 0.15) is 5.69 Å². The maximum Gasteiger partial charge on any atom is 0.231 e. The van der Waals surface area contributed by atoms with Gasteiger partial charge in [-0.05, 0) is 12.1 Å². The van der Waals surface area contributed by atoms with Gasteiger partial charge in [0, 0.05) is 38.9 Å². The number of nitrogens with two attached hydrogens (primary N) is 1. The Morgan fingerprint density at radius 3 is 2.53 bits per heavy atom. The van der Waals surface area contributed by atoms with Gasteiger partial charge in [0.15, 0.2) is 0 Å². The van der Waals surface area contributed by atoms with Gasteiger partial charge in [-0.3, -0.25) is 19.6 Å². The summed E-state index contributed by atoms with van der Waals surface area (Å²) in [4.78, 5) is 19.5. The summed E-state index contributed by atoms with van der Waals surface area (Å²) in [7, 11) is 0. The van der Waals surface area contributed by atoms with E-state index in [2.05, 4.69) is 14.8 Å². The minimum atomic E-state index is -0.247. The van der Waals surface area contributed by atoms with Crippen LogP contribution in [0.4, 0.5) is 0 Å². The van der Waals surface area contributed by atoms with Crippen molar-refractivity contribution in [1.82, 2.24) is 14.8 Å². The molecule has 0 aliphatic carbocycles. The van der Waals surface area contributed by atoms with Crippen LogP contribution in [0.15, 0.2) is 24.4 Å². The number of primary amides is 1. The third kappa shape index (κ3) is 3.80. The lowest BCUT2D eigenvalue weighted by atomic mass is 10.2. The highest BCUT2D eigenvalue weighted by Gasteiger charge is 2.18. The summed E-state index contributed by atoms with van der Waals surface area (Å²) in [5.41, 5.74) is 6.27. The Balaban J connectivity index is 1.78. The molecule has 0 radical (unpaired) electrons. The number of pyridine rings is 1. The molecule has 0 spiro atoms. The summed E-state index contributed by atoms with van der Waals surface area (Å²) in [6.07, 6.45) is 1.82. The zero-order chi connectivity index (χ0) is 12.1. The molecule has 1 aromatic rings. The van der Waals surface area contributed by atoms with Crippen molar-refractivity contribution in [3.63, 3.8) is 0 Å². The van der Waals surface area contributed by atoms with Gasteiger partial charge in [-0.15, -0.1) is 0 Å². The molecule has 1 amide bonds. The second kappa shape index (κ2) is 5.75. The van der Waals surface area contributed by atoms with Crippen LogP contribution in [0, 0.1) is 0 Å². The fourth-order valence-corrected chi connectivity index (χ4v) is 2.05. The lowest BCUT2D eigenvalue weighted by Crippen LogP contribution is -2.48. The van der Waals surface area contributed by atoms with Crippen LogP contribution >= 0.6 is 0 Å². The first-order valence-electron chi connectivity index (χ1n) is 5.87. The monoisotopic (exact) mass is 234 g/mol. The van der Waals surface area contributed by atoms with Crippen LogP contribution in [0.3, 0.4) is 0 Å². The topological polar surface area (TPSA) is 62.5 Å². The predicted octanol–water partition coefficient (Wildman–Crippen LogP) is -0.315. The van der Waals surface area contributed by atoms with E-state index >= 15 is 0 Å². The average molecular weight is 234 g/mol. The number of hydrogen-bond donors (Lipinski definition) is 1. The average Bonchev–Trinajstić information content (AvgIpc) is 2.32. The highest BCUT2D eigenvalue weighted by Crippen LogP contribution is 2.05. The van der Waals surface area contributed by atoms with Crippen LogP contribution < -0.4 is 5.73 Å². The Morgan fingerprint density at radius 2 is 1.94 bits per heavy atom. The summed E-state index contributed by atoms with van der Waals surface area (Å²) in [5, 5.41) is 0. The quantitative estimate of drug-likeness (QED) is 0.776. The number of piperazine rings is 1. The number of hydrogen-bond acceptors (Lipinski definition) is 4. The molecule has 2 rings (SSSR count). The van der Waals surface area contributed by atoms with Crippen LogP contribution in [-0.4, -0.2) is 53.4 Å². The van der Waals surface area contributed by atoms with E-state index in [1.165, 1.54) is 0 Å². The molecular weight excluding hydrogens is 216 g/mol. The number of rotatable bonds is 4. The molecule has 0 unspecified atom stereocenters. The molecule has 2 heterocycles. The first-order valence-corrected chi connectivity index (χ1v) is 5.87. The standard InChI is InChI=1S/C12H18N4O/c13-12(17)10-16-7-5-15(6-8-16)9-11-3-1-2-4-14-11/h1-4H,5-10H2,(H2,13,17). The van der Waals surface area contributed by atoms with Crippen molar-refractivity contribution in [2.75, 3.05) is 32.7 Å². The van der Waals surface area contributed by atoms with Crippen molar-refractivity contribution in [2.24, 2.45) is 5.73 Å². The molecule has 1 aliphatic heterocycles.